The molecule has 0 bridgehead atoms. The molecule has 0 aromatic carbocycles. The SMILES string of the molecule is CN(C)c1ccc(CNC[C@@H]2CCCN(C(=O)OC(C)(C)C)C2)cn1. The van der Waals surface area contributed by atoms with Crippen molar-refractivity contribution in [2.24, 2.45) is 5.92 Å². The first kappa shape index (κ1) is 19.5. The summed E-state index contributed by atoms with van der Waals surface area (Å²) in [5, 5.41) is 3.50. The topological polar surface area (TPSA) is 57.7 Å². The van der Waals surface area contributed by atoms with Gasteiger partial charge in [-0.2, -0.15) is 0 Å². The average Bonchev–Trinajstić information content (AvgIpc) is 2.54. The lowest BCUT2D eigenvalue weighted by Gasteiger charge is -2.34. The third-order valence-corrected chi connectivity index (χ3v) is 4.20. The van der Waals surface area contributed by atoms with Gasteiger partial charge in [0.25, 0.3) is 0 Å². The summed E-state index contributed by atoms with van der Waals surface area (Å²) in [7, 11) is 3.97. The van der Waals surface area contributed by atoms with Crippen molar-refractivity contribution in [3.8, 4) is 0 Å². The van der Waals surface area contributed by atoms with E-state index in [0.717, 1.165) is 44.8 Å². The smallest absolute Gasteiger partial charge is 0.410 e. The molecule has 2 heterocycles. The van der Waals surface area contributed by atoms with Crippen molar-refractivity contribution in [1.29, 1.82) is 0 Å². The first-order valence-corrected chi connectivity index (χ1v) is 9.05. The van der Waals surface area contributed by atoms with E-state index in [9.17, 15) is 4.79 Å². The Morgan fingerprint density at radius 1 is 1.40 bits per heavy atom. The van der Waals surface area contributed by atoms with Crippen molar-refractivity contribution in [2.75, 3.05) is 38.6 Å². The molecule has 1 atom stereocenters. The summed E-state index contributed by atoms with van der Waals surface area (Å²) >= 11 is 0. The van der Waals surface area contributed by atoms with Crippen LogP contribution in [-0.4, -0.2) is 55.3 Å². The molecule has 2 rings (SSSR count). The third-order valence-electron chi connectivity index (χ3n) is 4.20. The predicted octanol–water partition coefficient (Wildman–Crippen LogP) is 2.88. The number of pyridine rings is 1. The molecule has 0 spiro atoms. The van der Waals surface area contributed by atoms with Crippen LogP contribution in [0.4, 0.5) is 10.6 Å². The largest absolute Gasteiger partial charge is 0.444 e. The number of carbonyl (C=O) groups is 1. The minimum Gasteiger partial charge on any atom is -0.444 e. The van der Waals surface area contributed by atoms with Crippen LogP contribution in [0.15, 0.2) is 18.3 Å². The number of amides is 1. The number of nitrogens with one attached hydrogen (secondary N) is 1. The number of hydrogen-bond donors (Lipinski definition) is 1. The normalized spacial score (nSPS) is 18.1. The van der Waals surface area contributed by atoms with E-state index in [-0.39, 0.29) is 6.09 Å². The molecule has 1 aromatic rings. The number of likely N-dealkylation sites (tertiary alicyclic amines) is 1. The highest BCUT2D eigenvalue weighted by molar-refractivity contribution is 5.68. The fourth-order valence-electron chi connectivity index (χ4n) is 2.93. The van der Waals surface area contributed by atoms with Gasteiger partial charge in [0.2, 0.25) is 0 Å². The van der Waals surface area contributed by atoms with E-state index in [4.69, 9.17) is 4.74 Å². The minimum absolute atomic E-state index is 0.194. The quantitative estimate of drug-likeness (QED) is 0.887. The Labute approximate surface area is 151 Å². The number of aromatic nitrogens is 1. The summed E-state index contributed by atoms with van der Waals surface area (Å²) in [5.74, 6) is 1.43. The zero-order valence-electron chi connectivity index (χ0n) is 16.2. The van der Waals surface area contributed by atoms with Crippen molar-refractivity contribution in [1.82, 2.24) is 15.2 Å². The van der Waals surface area contributed by atoms with Crippen molar-refractivity contribution >= 4 is 11.9 Å². The molecular weight excluding hydrogens is 316 g/mol. The van der Waals surface area contributed by atoms with E-state index in [1.165, 1.54) is 5.56 Å². The van der Waals surface area contributed by atoms with Gasteiger partial charge in [0, 0.05) is 39.9 Å². The molecule has 0 aliphatic carbocycles. The van der Waals surface area contributed by atoms with Crippen LogP contribution < -0.4 is 10.2 Å². The molecule has 1 aromatic heterocycles. The van der Waals surface area contributed by atoms with Gasteiger partial charge in [-0.15, -0.1) is 0 Å². The van der Waals surface area contributed by atoms with Gasteiger partial charge in [0.15, 0.2) is 0 Å². The summed E-state index contributed by atoms with van der Waals surface area (Å²) < 4.78 is 5.48. The second-order valence-electron chi connectivity index (χ2n) is 7.98. The fraction of sp³-hybridized carbons (Fsp3) is 0.684. The highest BCUT2D eigenvalue weighted by atomic mass is 16.6. The molecule has 6 nitrogen and oxygen atoms in total. The van der Waals surface area contributed by atoms with Crippen LogP contribution in [0, 0.1) is 5.92 Å². The highest BCUT2D eigenvalue weighted by Gasteiger charge is 2.27. The Morgan fingerprint density at radius 3 is 2.76 bits per heavy atom. The highest BCUT2D eigenvalue weighted by Crippen LogP contribution is 2.19. The van der Waals surface area contributed by atoms with E-state index >= 15 is 0 Å². The second-order valence-corrected chi connectivity index (χ2v) is 7.98. The Kier molecular flexibility index (Phi) is 6.64. The zero-order chi connectivity index (χ0) is 18.4. The maximum absolute atomic E-state index is 12.2. The first-order valence-electron chi connectivity index (χ1n) is 9.05. The van der Waals surface area contributed by atoms with Crippen molar-refractivity contribution in [3.63, 3.8) is 0 Å². The number of piperidine rings is 1. The lowest BCUT2D eigenvalue weighted by molar-refractivity contribution is 0.0166. The lowest BCUT2D eigenvalue weighted by atomic mass is 9.98. The van der Waals surface area contributed by atoms with E-state index in [2.05, 4.69) is 16.4 Å². The van der Waals surface area contributed by atoms with E-state index in [0.29, 0.717) is 5.92 Å². The molecule has 0 saturated carbocycles. The minimum atomic E-state index is -0.437. The number of hydrogen-bond acceptors (Lipinski definition) is 5. The monoisotopic (exact) mass is 348 g/mol. The third kappa shape index (κ3) is 6.53. The summed E-state index contributed by atoms with van der Waals surface area (Å²) in [5.41, 5.74) is 0.735. The first-order chi connectivity index (χ1) is 11.7. The lowest BCUT2D eigenvalue weighted by Crippen LogP contribution is -2.45. The number of ether oxygens (including phenoxy) is 1. The Hall–Kier alpha value is -1.82. The van der Waals surface area contributed by atoms with Crippen LogP contribution in [0.5, 0.6) is 0 Å². The maximum Gasteiger partial charge on any atom is 0.410 e. The van der Waals surface area contributed by atoms with Gasteiger partial charge >= 0.3 is 6.09 Å². The summed E-state index contributed by atoms with van der Waals surface area (Å²) in [6, 6.07) is 4.13. The molecule has 0 unspecified atom stereocenters. The number of anilines is 1. The van der Waals surface area contributed by atoms with Gasteiger partial charge in [-0.3, -0.25) is 0 Å². The van der Waals surface area contributed by atoms with Crippen LogP contribution in [0.2, 0.25) is 0 Å². The van der Waals surface area contributed by atoms with Crippen LogP contribution >= 0.6 is 0 Å². The van der Waals surface area contributed by atoms with E-state index in [1.54, 1.807) is 0 Å². The molecule has 1 amide bonds. The van der Waals surface area contributed by atoms with Crippen molar-refractivity contribution in [2.45, 2.75) is 45.8 Å². The Morgan fingerprint density at radius 2 is 2.16 bits per heavy atom. The van der Waals surface area contributed by atoms with Crippen molar-refractivity contribution in [3.05, 3.63) is 23.9 Å². The van der Waals surface area contributed by atoms with Gasteiger partial charge in [0.05, 0.1) is 0 Å². The van der Waals surface area contributed by atoms with Crippen LogP contribution in [-0.2, 0) is 11.3 Å². The van der Waals surface area contributed by atoms with Gasteiger partial charge in [-0.05, 0) is 57.7 Å². The Bertz CT molecular complexity index is 552. The van der Waals surface area contributed by atoms with Gasteiger partial charge < -0.3 is 19.9 Å². The second kappa shape index (κ2) is 8.52. The summed E-state index contributed by atoms with van der Waals surface area (Å²) in [6.07, 6.45) is 3.89. The molecule has 25 heavy (non-hydrogen) atoms. The molecule has 1 saturated heterocycles. The van der Waals surface area contributed by atoms with Gasteiger partial charge in [-0.1, -0.05) is 6.07 Å². The van der Waals surface area contributed by atoms with E-state index < -0.39 is 5.60 Å². The molecule has 1 N–H and O–H groups in total. The Balaban J connectivity index is 1.76. The predicted molar refractivity (Wildman–Crippen MR) is 101 cm³/mol. The van der Waals surface area contributed by atoms with E-state index in [1.807, 2.05) is 56.9 Å². The molecule has 1 aliphatic rings. The summed E-state index contributed by atoms with van der Waals surface area (Å²) in [4.78, 5) is 20.5. The standard InChI is InChI=1S/C19H32N4O2/c1-19(2,3)25-18(24)23-10-6-7-16(14-23)12-20-11-15-8-9-17(21-13-15)22(4)5/h8-9,13,16,20H,6-7,10-12,14H2,1-5H3/t16-/m0/s1. The van der Waals surface area contributed by atoms with Gasteiger partial charge in [0.1, 0.15) is 11.4 Å². The average molecular weight is 348 g/mol. The van der Waals surface area contributed by atoms with Crippen LogP contribution in [0.1, 0.15) is 39.2 Å². The number of nitrogens with zero attached hydrogens (tertiary/aromatic N) is 3. The van der Waals surface area contributed by atoms with Crippen LogP contribution in [0.25, 0.3) is 0 Å². The number of rotatable bonds is 5. The molecule has 6 heteroatoms. The number of carbonyl (C=O) groups excluding carboxylic acids is 1. The maximum atomic E-state index is 12.2. The summed E-state index contributed by atoms with van der Waals surface area (Å²) in [6.45, 7) is 8.97. The molecular formula is C19H32N4O2. The van der Waals surface area contributed by atoms with Crippen molar-refractivity contribution < 1.29 is 9.53 Å². The van der Waals surface area contributed by atoms with Gasteiger partial charge in [-0.25, -0.2) is 9.78 Å². The molecule has 140 valence electrons. The fourth-order valence-corrected chi connectivity index (χ4v) is 2.93. The zero-order valence-corrected chi connectivity index (χ0v) is 16.2. The molecule has 1 fully saturated rings. The molecule has 0 radical (unpaired) electrons. The molecule has 1 aliphatic heterocycles. The van der Waals surface area contributed by atoms with Crippen LogP contribution in [0.3, 0.4) is 0 Å².